The summed E-state index contributed by atoms with van der Waals surface area (Å²) in [6.45, 7) is 0. The van der Waals surface area contributed by atoms with Crippen LogP contribution in [0.25, 0.3) is 0 Å². The zero-order valence-corrected chi connectivity index (χ0v) is 13.7. The number of thiophene rings is 1. The first-order valence-electron chi connectivity index (χ1n) is 6.78. The highest BCUT2D eigenvalue weighted by molar-refractivity contribution is 7.91. The van der Waals surface area contributed by atoms with Crippen LogP contribution in [0.4, 0.5) is 0 Å². The van der Waals surface area contributed by atoms with E-state index in [1.54, 1.807) is 6.26 Å². The first kappa shape index (κ1) is 15.1. The molecule has 1 N–H and O–H groups in total. The predicted molar refractivity (Wildman–Crippen MR) is 84.7 cm³/mol. The summed E-state index contributed by atoms with van der Waals surface area (Å²) in [5, 5.41) is 3.52. The normalized spacial score (nSPS) is 20.4. The Kier molecular flexibility index (Phi) is 4.40. The van der Waals surface area contributed by atoms with Gasteiger partial charge in [-0.3, -0.25) is 0 Å². The van der Waals surface area contributed by atoms with Gasteiger partial charge in [0.05, 0.1) is 22.1 Å². The summed E-state index contributed by atoms with van der Waals surface area (Å²) in [5.74, 6) is 1.32. The Morgan fingerprint density at radius 2 is 2.05 bits per heavy atom. The standard InChI is InChI=1S/C14H16ClNO3S2/c15-13-4-3-12(20-13)14(11-2-1-7-19-11)16-10-5-8-21(17,18)9-6-10/h1-4,7,10,14,16H,5-6,8-9H2. The van der Waals surface area contributed by atoms with Gasteiger partial charge in [-0.1, -0.05) is 11.6 Å². The molecule has 3 rings (SSSR count). The molecule has 4 nitrogen and oxygen atoms in total. The van der Waals surface area contributed by atoms with Crippen LogP contribution >= 0.6 is 22.9 Å². The molecule has 114 valence electrons. The topological polar surface area (TPSA) is 59.3 Å². The van der Waals surface area contributed by atoms with Gasteiger partial charge in [0.2, 0.25) is 0 Å². The van der Waals surface area contributed by atoms with Gasteiger partial charge in [-0.05, 0) is 37.1 Å². The Balaban J connectivity index is 1.78. The summed E-state index contributed by atoms with van der Waals surface area (Å²) in [6.07, 6.45) is 2.92. The predicted octanol–water partition coefficient (Wildman–Crippen LogP) is 3.25. The van der Waals surface area contributed by atoms with Crippen LogP contribution in [0.3, 0.4) is 0 Å². The molecule has 0 radical (unpaired) electrons. The summed E-state index contributed by atoms with van der Waals surface area (Å²) >= 11 is 7.53. The average Bonchev–Trinajstić information content (AvgIpc) is 3.09. The summed E-state index contributed by atoms with van der Waals surface area (Å²) in [7, 11) is -2.85. The molecule has 0 amide bonds. The lowest BCUT2D eigenvalue weighted by atomic mass is 10.1. The fraction of sp³-hybridized carbons (Fsp3) is 0.429. The van der Waals surface area contributed by atoms with Gasteiger partial charge in [0.1, 0.15) is 21.6 Å². The van der Waals surface area contributed by atoms with E-state index in [0.29, 0.717) is 12.8 Å². The van der Waals surface area contributed by atoms with Crippen molar-refractivity contribution in [2.24, 2.45) is 0 Å². The Hall–Kier alpha value is -0.820. The lowest BCUT2D eigenvalue weighted by Crippen LogP contribution is -2.39. The van der Waals surface area contributed by atoms with Crippen molar-refractivity contribution >= 4 is 32.8 Å². The summed E-state index contributed by atoms with van der Waals surface area (Å²) in [6, 6.07) is 7.71. The Morgan fingerprint density at radius 1 is 1.29 bits per heavy atom. The third-order valence-corrected chi connectivity index (χ3v) is 6.67. The Morgan fingerprint density at radius 3 is 2.62 bits per heavy atom. The number of nitrogens with one attached hydrogen (secondary N) is 1. The second kappa shape index (κ2) is 6.12. The van der Waals surface area contributed by atoms with Gasteiger partial charge in [-0.15, -0.1) is 11.3 Å². The van der Waals surface area contributed by atoms with E-state index in [1.807, 2.05) is 24.3 Å². The first-order valence-corrected chi connectivity index (χ1v) is 9.80. The second-order valence-corrected chi connectivity index (χ2v) is 9.23. The van der Waals surface area contributed by atoms with Gasteiger partial charge in [0.25, 0.3) is 0 Å². The quantitative estimate of drug-likeness (QED) is 0.924. The fourth-order valence-corrected chi connectivity index (χ4v) is 5.16. The van der Waals surface area contributed by atoms with Gasteiger partial charge < -0.3 is 9.73 Å². The minimum Gasteiger partial charge on any atom is -0.467 e. The lowest BCUT2D eigenvalue weighted by molar-refractivity contribution is 0.388. The van der Waals surface area contributed by atoms with Gasteiger partial charge in [0, 0.05) is 10.9 Å². The molecular weight excluding hydrogens is 330 g/mol. The number of sulfone groups is 1. The van der Waals surface area contributed by atoms with Crippen molar-refractivity contribution < 1.29 is 12.8 Å². The van der Waals surface area contributed by atoms with E-state index in [9.17, 15) is 8.42 Å². The molecule has 0 aliphatic carbocycles. The third kappa shape index (κ3) is 3.69. The molecule has 3 heterocycles. The van der Waals surface area contributed by atoms with Crippen LogP contribution in [0.2, 0.25) is 4.34 Å². The summed E-state index contributed by atoms with van der Waals surface area (Å²) in [4.78, 5) is 1.07. The smallest absolute Gasteiger partial charge is 0.150 e. The van der Waals surface area contributed by atoms with Crippen LogP contribution < -0.4 is 5.32 Å². The van der Waals surface area contributed by atoms with Crippen molar-refractivity contribution in [2.75, 3.05) is 11.5 Å². The minimum absolute atomic E-state index is 0.0803. The van der Waals surface area contributed by atoms with Gasteiger partial charge >= 0.3 is 0 Å². The largest absolute Gasteiger partial charge is 0.467 e. The van der Waals surface area contributed by atoms with Crippen LogP contribution in [-0.4, -0.2) is 26.0 Å². The van der Waals surface area contributed by atoms with E-state index in [-0.39, 0.29) is 23.6 Å². The molecule has 0 saturated carbocycles. The van der Waals surface area contributed by atoms with Crippen molar-refractivity contribution in [1.29, 1.82) is 0 Å². The number of rotatable bonds is 4. The van der Waals surface area contributed by atoms with E-state index in [2.05, 4.69) is 5.32 Å². The summed E-state index contributed by atoms with van der Waals surface area (Å²) in [5.41, 5.74) is 0. The zero-order chi connectivity index (χ0) is 14.9. The maximum absolute atomic E-state index is 11.5. The molecule has 1 saturated heterocycles. The van der Waals surface area contributed by atoms with Gasteiger partial charge in [-0.25, -0.2) is 8.42 Å². The number of hydrogen-bond acceptors (Lipinski definition) is 5. The minimum atomic E-state index is -2.85. The SMILES string of the molecule is O=S1(=O)CCC(NC(c2ccco2)c2ccc(Cl)s2)CC1. The van der Waals surface area contributed by atoms with Crippen LogP contribution in [0.15, 0.2) is 34.9 Å². The molecule has 1 atom stereocenters. The molecule has 0 spiro atoms. The molecule has 1 aliphatic rings. The highest BCUT2D eigenvalue weighted by atomic mass is 35.5. The van der Waals surface area contributed by atoms with E-state index in [1.165, 1.54) is 11.3 Å². The first-order chi connectivity index (χ1) is 10.0. The van der Waals surface area contributed by atoms with E-state index in [4.69, 9.17) is 16.0 Å². The fourth-order valence-electron chi connectivity index (χ4n) is 2.54. The van der Waals surface area contributed by atoms with Crippen molar-refractivity contribution in [3.63, 3.8) is 0 Å². The van der Waals surface area contributed by atoms with Crippen molar-refractivity contribution in [3.05, 3.63) is 45.5 Å². The third-order valence-electron chi connectivity index (χ3n) is 3.66. The molecule has 2 aromatic heterocycles. The molecule has 1 unspecified atom stereocenters. The summed E-state index contributed by atoms with van der Waals surface area (Å²) < 4.78 is 29.3. The Labute approximate surface area is 133 Å². The van der Waals surface area contributed by atoms with E-state index < -0.39 is 9.84 Å². The number of halogens is 1. The van der Waals surface area contributed by atoms with Gasteiger partial charge in [0.15, 0.2) is 0 Å². The van der Waals surface area contributed by atoms with Crippen LogP contribution in [0.1, 0.15) is 29.5 Å². The average molecular weight is 346 g/mol. The van der Waals surface area contributed by atoms with Crippen molar-refractivity contribution in [1.82, 2.24) is 5.32 Å². The van der Waals surface area contributed by atoms with Crippen molar-refractivity contribution in [3.8, 4) is 0 Å². The van der Waals surface area contributed by atoms with Crippen LogP contribution in [0, 0.1) is 0 Å². The number of furan rings is 1. The van der Waals surface area contributed by atoms with Crippen molar-refractivity contribution in [2.45, 2.75) is 24.9 Å². The molecule has 21 heavy (non-hydrogen) atoms. The molecule has 0 aromatic carbocycles. The van der Waals surface area contributed by atoms with Crippen LogP contribution in [-0.2, 0) is 9.84 Å². The second-order valence-electron chi connectivity index (χ2n) is 5.18. The van der Waals surface area contributed by atoms with E-state index in [0.717, 1.165) is 15.0 Å². The lowest BCUT2D eigenvalue weighted by Gasteiger charge is -2.27. The molecule has 7 heteroatoms. The molecule has 1 fully saturated rings. The highest BCUT2D eigenvalue weighted by Crippen LogP contribution is 2.32. The molecule has 1 aliphatic heterocycles. The monoisotopic (exact) mass is 345 g/mol. The van der Waals surface area contributed by atoms with Crippen LogP contribution in [0.5, 0.6) is 0 Å². The van der Waals surface area contributed by atoms with Gasteiger partial charge in [-0.2, -0.15) is 0 Å². The highest BCUT2D eigenvalue weighted by Gasteiger charge is 2.28. The zero-order valence-electron chi connectivity index (χ0n) is 11.3. The Bertz CT molecular complexity index is 680. The maximum atomic E-state index is 11.5. The number of hydrogen-bond donors (Lipinski definition) is 1. The van der Waals surface area contributed by atoms with E-state index >= 15 is 0 Å². The maximum Gasteiger partial charge on any atom is 0.150 e. The molecular formula is C14H16ClNO3S2. The molecule has 2 aromatic rings. The molecule has 0 bridgehead atoms.